The van der Waals surface area contributed by atoms with Crippen LogP contribution in [0.3, 0.4) is 0 Å². The number of fused-ring (bicyclic) bond motifs is 2. The second-order valence-corrected chi connectivity index (χ2v) is 12.3. The van der Waals surface area contributed by atoms with E-state index in [1.807, 2.05) is 48.5 Å². The Morgan fingerprint density at radius 2 is 1.44 bits per heavy atom. The molecule has 1 aliphatic heterocycles. The first kappa shape index (κ1) is 32.5. The van der Waals surface area contributed by atoms with Gasteiger partial charge in [0.25, 0.3) is 0 Å². The second kappa shape index (κ2) is 15.4. The first-order chi connectivity index (χ1) is 22.0. The SMILES string of the molecule is COc1ccc(CCN(C)C2C3CCC2CN(CCCC(Oc2ccc(OC)c(OC)c2)c2ccc(C#N)cc2)C3)cc1OC. The van der Waals surface area contributed by atoms with Crippen LogP contribution in [-0.2, 0) is 6.42 Å². The third-order valence-corrected chi connectivity index (χ3v) is 9.56. The lowest BCUT2D eigenvalue weighted by atomic mass is 9.90. The molecule has 240 valence electrons. The van der Waals surface area contributed by atoms with Crippen LogP contribution in [0.5, 0.6) is 28.7 Å². The van der Waals surface area contributed by atoms with E-state index in [2.05, 4.69) is 35.0 Å². The van der Waals surface area contributed by atoms with Crippen LogP contribution >= 0.6 is 0 Å². The van der Waals surface area contributed by atoms with Gasteiger partial charge in [-0.15, -0.1) is 0 Å². The molecule has 1 heterocycles. The third kappa shape index (κ3) is 7.84. The molecule has 2 bridgehead atoms. The van der Waals surface area contributed by atoms with Crippen molar-refractivity contribution in [3.05, 3.63) is 77.4 Å². The Kier molecular flexibility index (Phi) is 11.1. The fourth-order valence-electron chi connectivity index (χ4n) is 7.30. The van der Waals surface area contributed by atoms with Crippen LogP contribution in [0, 0.1) is 23.2 Å². The number of likely N-dealkylation sites (tertiary alicyclic amines) is 1. The number of methoxy groups -OCH3 is 4. The number of rotatable bonds is 15. The van der Waals surface area contributed by atoms with Crippen LogP contribution in [-0.4, -0.2) is 77.5 Å². The standard InChI is InChI=1S/C37H47N3O5/c1-39(20-18-26-10-16-33(41-2)35(21-26)43-4)37-29-13-14-30(37)25-40(24-29)19-6-7-32(28-11-8-27(23-38)9-12-28)45-31-15-17-34(42-3)36(22-31)44-5/h8-12,15-17,21-22,29-30,32,37H,6-7,13-14,18-20,24-25H2,1-5H3. The summed E-state index contributed by atoms with van der Waals surface area (Å²) < 4.78 is 28.4. The molecule has 0 N–H and O–H groups in total. The Morgan fingerprint density at radius 1 is 0.822 bits per heavy atom. The van der Waals surface area contributed by atoms with Crippen molar-refractivity contribution in [2.45, 2.75) is 44.2 Å². The molecule has 3 unspecified atom stereocenters. The van der Waals surface area contributed by atoms with Gasteiger partial charge in [0.15, 0.2) is 23.0 Å². The van der Waals surface area contributed by atoms with Gasteiger partial charge in [0, 0.05) is 31.7 Å². The predicted molar refractivity (Wildman–Crippen MR) is 176 cm³/mol. The Morgan fingerprint density at radius 3 is 2.07 bits per heavy atom. The monoisotopic (exact) mass is 613 g/mol. The van der Waals surface area contributed by atoms with Gasteiger partial charge in [-0.1, -0.05) is 18.2 Å². The number of hydrogen-bond acceptors (Lipinski definition) is 8. The molecule has 5 rings (SSSR count). The topological polar surface area (TPSA) is 76.4 Å². The maximum absolute atomic E-state index is 9.29. The first-order valence-electron chi connectivity index (χ1n) is 16.0. The van der Waals surface area contributed by atoms with Crippen LogP contribution in [0.1, 0.15) is 48.5 Å². The van der Waals surface area contributed by atoms with Crippen molar-refractivity contribution in [1.29, 1.82) is 5.26 Å². The third-order valence-electron chi connectivity index (χ3n) is 9.56. The van der Waals surface area contributed by atoms with Crippen molar-refractivity contribution in [3.63, 3.8) is 0 Å². The quantitative estimate of drug-likeness (QED) is 0.196. The molecule has 45 heavy (non-hydrogen) atoms. The summed E-state index contributed by atoms with van der Waals surface area (Å²) in [5.74, 6) is 5.02. The Balaban J connectivity index is 1.17. The largest absolute Gasteiger partial charge is 0.493 e. The maximum atomic E-state index is 9.29. The molecular weight excluding hydrogens is 566 g/mol. The van der Waals surface area contributed by atoms with E-state index in [4.69, 9.17) is 23.7 Å². The first-order valence-corrected chi connectivity index (χ1v) is 16.0. The fraction of sp³-hybridized carbons (Fsp3) is 0.486. The summed E-state index contributed by atoms with van der Waals surface area (Å²) in [5, 5.41) is 9.29. The average molecular weight is 614 g/mol. The van der Waals surface area contributed by atoms with Gasteiger partial charge in [0.1, 0.15) is 11.9 Å². The van der Waals surface area contributed by atoms with E-state index in [1.54, 1.807) is 28.4 Å². The molecule has 1 saturated heterocycles. The number of ether oxygens (including phenoxy) is 5. The Bertz CT molecular complexity index is 1420. The van der Waals surface area contributed by atoms with Crippen molar-refractivity contribution >= 4 is 0 Å². The van der Waals surface area contributed by atoms with E-state index in [0.717, 1.165) is 68.3 Å². The molecule has 0 spiro atoms. The highest BCUT2D eigenvalue weighted by Crippen LogP contribution is 2.40. The lowest BCUT2D eigenvalue weighted by Crippen LogP contribution is -2.52. The maximum Gasteiger partial charge on any atom is 0.164 e. The van der Waals surface area contributed by atoms with Gasteiger partial charge in [-0.05, 0) is 105 Å². The van der Waals surface area contributed by atoms with Crippen LogP contribution in [0.2, 0.25) is 0 Å². The Hall–Kier alpha value is -3.93. The number of likely N-dealkylation sites (N-methyl/N-ethyl adjacent to an activating group) is 1. The number of piperidine rings is 1. The predicted octanol–water partition coefficient (Wildman–Crippen LogP) is 6.38. The second-order valence-electron chi connectivity index (χ2n) is 12.3. The number of nitriles is 1. The molecule has 0 aromatic heterocycles. The van der Waals surface area contributed by atoms with E-state index in [0.29, 0.717) is 34.9 Å². The number of nitrogens with zero attached hydrogens (tertiary/aromatic N) is 3. The zero-order chi connectivity index (χ0) is 31.8. The summed E-state index contributed by atoms with van der Waals surface area (Å²) in [6, 6.07) is 22.5. The molecule has 8 heteroatoms. The zero-order valence-electron chi connectivity index (χ0n) is 27.3. The lowest BCUT2D eigenvalue weighted by molar-refractivity contribution is 0.0597. The van der Waals surface area contributed by atoms with Crippen LogP contribution in [0.4, 0.5) is 0 Å². The summed E-state index contributed by atoms with van der Waals surface area (Å²) in [6.45, 7) is 4.39. The highest BCUT2D eigenvalue weighted by Gasteiger charge is 2.43. The molecule has 8 nitrogen and oxygen atoms in total. The van der Waals surface area contributed by atoms with Crippen LogP contribution < -0.4 is 23.7 Å². The minimum atomic E-state index is -0.132. The van der Waals surface area contributed by atoms with E-state index < -0.39 is 0 Å². The average Bonchev–Trinajstić information content (AvgIpc) is 3.35. The molecule has 2 aliphatic rings. The minimum Gasteiger partial charge on any atom is -0.493 e. The highest BCUT2D eigenvalue weighted by molar-refractivity contribution is 5.46. The number of hydrogen-bond donors (Lipinski definition) is 0. The minimum absolute atomic E-state index is 0.132. The van der Waals surface area contributed by atoms with Gasteiger partial charge < -0.3 is 33.5 Å². The number of benzene rings is 3. The van der Waals surface area contributed by atoms with Crippen molar-refractivity contribution in [1.82, 2.24) is 9.80 Å². The van der Waals surface area contributed by atoms with Crippen LogP contribution in [0.15, 0.2) is 60.7 Å². The summed E-state index contributed by atoms with van der Waals surface area (Å²) in [7, 11) is 8.93. The molecule has 3 aromatic carbocycles. The van der Waals surface area contributed by atoms with Crippen molar-refractivity contribution in [3.8, 4) is 34.8 Å². The molecule has 1 saturated carbocycles. The van der Waals surface area contributed by atoms with Gasteiger partial charge >= 0.3 is 0 Å². The van der Waals surface area contributed by atoms with E-state index in [1.165, 1.54) is 18.4 Å². The zero-order valence-corrected chi connectivity index (χ0v) is 27.3. The lowest BCUT2D eigenvalue weighted by Gasteiger charge is -2.42. The van der Waals surface area contributed by atoms with E-state index >= 15 is 0 Å². The fourth-order valence-corrected chi connectivity index (χ4v) is 7.30. The molecular formula is C37H47N3O5. The highest BCUT2D eigenvalue weighted by atomic mass is 16.5. The smallest absolute Gasteiger partial charge is 0.164 e. The molecule has 1 aliphatic carbocycles. The van der Waals surface area contributed by atoms with Gasteiger partial charge in [0.05, 0.1) is 40.1 Å². The van der Waals surface area contributed by atoms with Crippen molar-refractivity contribution in [2.24, 2.45) is 11.8 Å². The Labute approximate surface area is 268 Å². The van der Waals surface area contributed by atoms with Crippen molar-refractivity contribution < 1.29 is 23.7 Å². The van der Waals surface area contributed by atoms with Gasteiger partial charge in [0.2, 0.25) is 0 Å². The molecule has 3 atom stereocenters. The molecule has 3 aromatic rings. The van der Waals surface area contributed by atoms with E-state index in [9.17, 15) is 5.26 Å². The molecule has 2 fully saturated rings. The summed E-state index contributed by atoms with van der Waals surface area (Å²) in [5.41, 5.74) is 2.99. The normalized spacial score (nSPS) is 20.0. The van der Waals surface area contributed by atoms with Gasteiger partial charge in [-0.3, -0.25) is 0 Å². The van der Waals surface area contributed by atoms with Crippen molar-refractivity contribution in [2.75, 3.05) is 61.7 Å². The summed E-state index contributed by atoms with van der Waals surface area (Å²) in [4.78, 5) is 5.28. The van der Waals surface area contributed by atoms with Gasteiger partial charge in [-0.25, -0.2) is 0 Å². The van der Waals surface area contributed by atoms with Gasteiger partial charge in [-0.2, -0.15) is 5.26 Å². The molecule has 0 radical (unpaired) electrons. The van der Waals surface area contributed by atoms with Crippen LogP contribution in [0.25, 0.3) is 0 Å². The molecule has 0 amide bonds. The van der Waals surface area contributed by atoms with E-state index in [-0.39, 0.29) is 6.10 Å². The summed E-state index contributed by atoms with van der Waals surface area (Å²) in [6.07, 6.45) is 5.38. The summed E-state index contributed by atoms with van der Waals surface area (Å²) >= 11 is 0.